The number of aromatic nitrogens is 2. The molecule has 0 bridgehead atoms. The molecule has 9 nitrogen and oxygen atoms in total. The SMILES string of the molecule is O=C(NC(Cc1cc2ccccc2[nH]1)C(=O)Nc1ccc2c(c1)OCO2)c1cccc(-c2cc(O)c3ncccc3c2)c1. The number of para-hydroxylation sites is 1. The standard InChI is InChI=1S/C34H26N4O5/c39-29-16-24(14-22-8-4-12-35-32(22)29)20-6-3-7-23(13-20)33(40)38-28(17-26-15-21-5-1-2-9-27(21)36-26)34(41)37-25-10-11-30-31(18-25)43-19-42-30/h1-16,18,28,36,39H,17,19H2,(H,37,41)(H,38,40). The van der Waals surface area contributed by atoms with Crippen LogP contribution in [0.15, 0.2) is 103 Å². The van der Waals surface area contributed by atoms with Crippen LogP contribution in [0.1, 0.15) is 16.1 Å². The second-order valence-electron chi connectivity index (χ2n) is 10.3. The average Bonchev–Trinajstić information content (AvgIpc) is 3.67. The Hall–Kier alpha value is -5.83. The Labute approximate surface area is 246 Å². The number of benzene rings is 4. The summed E-state index contributed by atoms with van der Waals surface area (Å²) in [6.45, 7) is 0.126. The second kappa shape index (κ2) is 10.9. The van der Waals surface area contributed by atoms with Crippen LogP contribution in [0, 0.1) is 0 Å². The molecule has 9 heteroatoms. The van der Waals surface area contributed by atoms with Crippen LogP contribution in [0.2, 0.25) is 0 Å². The van der Waals surface area contributed by atoms with Gasteiger partial charge in [0.2, 0.25) is 12.7 Å². The molecule has 6 aromatic rings. The first-order chi connectivity index (χ1) is 21.0. The lowest BCUT2D eigenvalue weighted by Crippen LogP contribution is -2.45. The molecule has 1 aliphatic rings. The molecule has 0 saturated heterocycles. The molecule has 0 fully saturated rings. The van der Waals surface area contributed by atoms with Crippen LogP contribution in [-0.4, -0.2) is 39.7 Å². The molecule has 3 heterocycles. The van der Waals surface area contributed by atoms with Gasteiger partial charge in [-0.15, -0.1) is 0 Å². The smallest absolute Gasteiger partial charge is 0.251 e. The zero-order valence-electron chi connectivity index (χ0n) is 22.8. The molecule has 2 amide bonds. The van der Waals surface area contributed by atoms with Gasteiger partial charge in [-0.25, -0.2) is 0 Å². The number of nitrogens with one attached hydrogen (secondary N) is 3. The highest BCUT2D eigenvalue weighted by atomic mass is 16.7. The minimum absolute atomic E-state index is 0.0570. The van der Waals surface area contributed by atoms with Gasteiger partial charge in [0.1, 0.15) is 17.3 Å². The van der Waals surface area contributed by atoms with Crippen molar-refractivity contribution in [2.45, 2.75) is 12.5 Å². The molecule has 4 N–H and O–H groups in total. The van der Waals surface area contributed by atoms with E-state index in [1.54, 1.807) is 54.7 Å². The van der Waals surface area contributed by atoms with Crippen LogP contribution in [0.5, 0.6) is 17.2 Å². The normalized spacial score (nSPS) is 12.7. The van der Waals surface area contributed by atoms with E-state index >= 15 is 0 Å². The molecule has 1 aliphatic heterocycles. The summed E-state index contributed by atoms with van der Waals surface area (Å²) in [6.07, 6.45) is 1.86. The lowest BCUT2D eigenvalue weighted by Gasteiger charge is -2.19. The fourth-order valence-electron chi connectivity index (χ4n) is 5.30. The van der Waals surface area contributed by atoms with Crippen molar-refractivity contribution in [3.05, 3.63) is 115 Å². The number of aromatic amines is 1. The zero-order chi connectivity index (χ0) is 29.3. The van der Waals surface area contributed by atoms with Gasteiger partial charge in [0.15, 0.2) is 11.5 Å². The van der Waals surface area contributed by atoms with E-state index in [4.69, 9.17) is 9.47 Å². The summed E-state index contributed by atoms with van der Waals surface area (Å²) in [7, 11) is 0. The van der Waals surface area contributed by atoms with E-state index in [0.29, 0.717) is 28.3 Å². The third kappa shape index (κ3) is 5.31. The first-order valence-electron chi connectivity index (χ1n) is 13.8. The lowest BCUT2D eigenvalue weighted by atomic mass is 10.00. The number of rotatable bonds is 7. The first-order valence-corrected chi connectivity index (χ1v) is 13.8. The van der Waals surface area contributed by atoms with Crippen molar-refractivity contribution in [1.82, 2.24) is 15.3 Å². The van der Waals surface area contributed by atoms with Crippen LogP contribution >= 0.6 is 0 Å². The molecule has 1 unspecified atom stereocenters. The zero-order valence-corrected chi connectivity index (χ0v) is 22.8. The van der Waals surface area contributed by atoms with Crippen molar-refractivity contribution >= 4 is 39.3 Å². The van der Waals surface area contributed by atoms with E-state index in [1.807, 2.05) is 48.5 Å². The number of anilines is 1. The largest absolute Gasteiger partial charge is 0.506 e. The van der Waals surface area contributed by atoms with E-state index in [9.17, 15) is 14.7 Å². The molecular weight excluding hydrogens is 544 g/mol. The van der Waals surface area contributed by atoms with E-state index in [-0.39, 0.29) is 24.9 Å². The summed E-state index contributed by atoms with van der Waals surface area (Å²) in [5.74, 6) is 0.420. The van der Waals surface area contributed by atoms with Gasteiger partial charge in [-0.05, 0) is 71.1 Å². The predicted octanol–water partition coefficient (Wildman–Crippen LogP) is 5.80. The van der Waals surface area contributed by atoms with Crippen LogP contribution in [-0.2, 0) is 11.2 Å². The molecule has 0 aliphatic carbocycles. The summed E-state index contributed by atoms with van der Waals surface area (Å²) < 4.78 is 10.8. The number of fused-ring (bicyclic) bond motifs is 3. The molecule has 0 spiro atoms. The minimum Gasteiger partial charge on any atom is -0.506 e. The van der Waals surface area contributed by atoms with Gasteiger partial charge in [0, 0.05) is 46.5 Å². The average molecular weight is 571 g/mol. The number of pyridine rings is 1. The van der Waals surface area contributed by atoms with Gasteiger partial charge in [-0.1, -0.05) is 36.4 Å². The number of ether oxygens (including phenoxy) is 2. The summed E-state index contributed by atoms with van der Waals surface area (Å²) in [5.41, 5.74) is 4.64. The highest BCUT2D eigenvalue weighted by Crippen LogP contribution is 2.34. The van der Waals surface area contributed by atoms with Crippen molar-refractivity contribution in [2.24, 2.45) is 0 Å². The monoisotopic (exact) mass is 570 g/mol. The summed E-state index contributed by atoms with van der Waals surface area (Å²) in [6, 6.07) is 28.3. The summed E-state index contributed by atoms with van der Waals surface area (Å²) >= 11 is 0. The minimum atomic E-state index is -0.898. The van der Waals surface area contributed by atoms with Gasteiger partial charge in [-0.3, -0.25) is 14.6 Å². The van der Waals surface area contributed by atoms with Crippen LogP contribution < -0.4 is 20.1 Å². The quantitative estimate of drug-likeness (QED) is 0.192. The third-order valence-electron chi connectivity index (χ3n) is 7.41. The van der Waals surface area contributed by atoms with Crippen molar-refractivity contribution in [1.29, 1.82) is 0 Å². The highest BCUT2D eigenvalue weighted by Gasteiger charge is 2.24. The summed E-state index contributed by atoms with van der Waals surface area (Å²) in [5, 5.41) is 18.2. The Morgan fingerprint density at radius 2 is 1.72 bits per heavy atom. The number of amides is 2. The van der Waals surface area contributed by atoms with Gasteiger partial charge in [0.05, 0.1) is 0 Å². The number of carbonyl (C=O) groups is 2. The van der Waals surface area contributed by atoms with Gasteiger partial charge in [0.25, 0.3) is 5.91 Å². The maximum Gasteiger partial charge on any atom is 0.251 e. The Balaban J connectivity index is 1.16. The number of hydrogen-bond acceptors (Lipinski definition) is 6. The van der Waals surface area contributed by atoms with E-state index in [1.165, 1.54) is 0 Å². The number of H-pyrrole nitrogens is 1. The maximum atomic E-state index is 13.6. The Morgan fingerprint density at radius 1 is 0.860 bits per heavy atom. The fourth-order valence-corrected chi connectivity index (χ4v) is 5.30. The van der Waals surface area contributed by atoms with Gasteiger partial charge in [-0.2, -0.15) is 0 Å². The van der Waals surface area contributed by atoms with Crippen molar-refractivity contribution in [3.8, 4) is 28.4 Å². The Kier molecular flexibility index (Phi) is 6.59. The van der Waals surface area contributed by atoms with Gasteiger partial charge >= 0.3 is 0 Å². The number of carbonyl (C=O) groups excluding carboxylic acids is 2. The Bertz CT molecular complexity index is 1980. The van der Waals surface area contributed by atoms with Crippen LogP contribution in [0.25, 0.3) is 32.9 Å². The molecular formula is C34H26N4O5. The molecule has 4 aromatic carbocycles. The highest BCUT2D eigenvalue weighted by molar-refractivity contribution is 6.02. The number of hydrogen-bond donors (Lipinski definition) is 4. The molecule has 212 valence electrons. The number of phenolic OH excluding ortho intramolecular Hbond substituents is 1. The molecule has 2 aromatic heterocycles. The van der Waals surface area contributed by atoms with Crippen LogP contribution in [0.4, 0.5) is 5.69 Å². The molecule has 1 atom stereocenters. The third-order valence-corrected chi connectivity index (χ3v) is 7.41. The van der Waals surface area contributed by atoms with Crippen molar-refractivity contribution < 1.29 is 24.2 Å². The van der Waals surface area contributed by atoms with Crippen molar-refractivity contribution in [2.75, 3.05) is 12.1 Å². The first kappa shape index (κ1) is 26.1. The number of phenols is 1. The maximum absolute atomic E-state index is 13.6. The van der Waals surface area contributed by atoms with Crippen LogP contribution in [0.3, 0.4) is 0 Å². The van der Waals surface area contributed by atoms with E-state index < -0.39 is 11.9 Å². The predicted molar refractivity (Wildman–Crippen MR) is 163 cm³/mol. The van der Waals surface area contributed by atoms with Crippen molar-refractivity contribution in [3.63, 3.8) is 0 Å². The molecule has 0 saturated carbocycles. The summed E-state index contributed by atoms with van der Waals surface area (Å²) in [4.78, 5) is 34.8. The topological polar surface area (TPSA) is 126 Å². The number of aromatic hydroxyl groups is 1. The van der Waals surface area contributed by atoms with E-state index in [2.05, 4.69) is 20.6 Å². The van der Waals surface area contributed by atoms with E-state index in [0.717, 1.165) is 33.1 Å². The van der Waals surface area contributed by atoms with Gasteiger partial charge < -0.3 is 30.2 Å². The lowest BCUT2D eigenvalue weighted by molar-refractivity contribution is -0.118. The Morgan fingerprint density at radius 3 is 2.63 bits per heavy atom. The molecule has 7 rings (SSSR count). The number of nitrogens with zero attached hydrogens (tertiary/aromatic N) is 1. The molecule has 43 heavy (non-hydrogen) atoms. The fraction of sp³-hybridized carbons (Fsp3) is 0.0882. The second-order valence-corrected chi connectivity index (χ2v) is 10.3. The molecule has 0 radical (unpaired) electrons.